The zero-order valence-corrected chi connectivity index (χ0v) is 12.8. The number of aromatic nitrogens is 1. The van der Waals surface area contributed by atoms with Gasteiger partial charge in [0.1, 0.15) is 5.82 Å². The molecule has 5 nitrogen and oxygen atoms in total. The molecule has 122 valence electrons. The van der Waals surface area contributed by atoms with Crippen LogP contribution >= 0.6 is 0 Å². The monoisotopic (exact) mass is 318 g/mol. The van der Waals surface area contributed by atoms with Crippen molar-refractivity contribution in [3.8, 4) is 11.3 Å². The number of oxazole rings is 1. The minimum Gasteiger partial charge on any atom is -0.441 e. The summed E-state index contributed by atoms with van der Waals surface area (Å²) in [7, 11) is 0. The summed E-state index contributed by atoms with van der Waals surface area (Å²) in [6.07, 6.45) is 3.17. The van der Waals surface area contributed by atoms with Gasteiger partial charge in [0.2, 0.25) is 5.91 Å². The van der Waals surface area contributed by atoms with Crippen LogP contribution in [-0.2, 0) is 16.0 Å². The van der Waals surface area contributed by atoms with Gasteiger partial charge in [-0.05, 0) is 18.6 Å². The Kier molecular flexibility index (Phi) is 5.02. The molecular weight excluding hydrogens is 299 g/mol. The van der Waals surface area contributed by atoms with Gasteiger partial charge in [0, 0.05) is 31.9 Å². The van der Waals surface area contributed by atoms with Crippen LogP contribution in [0.15, 0.2) is 34.9 Å². The highest BCUT2D eigenvalue weighted by atomic mass is 19.1. The molecule has 1 aromatic carbocycles. The normalized spacial score (nSPS) is 17.3. The summed E-state index contributed by atoms with van der Waals surface area (Å²) in [5, 5.41) is 2.89. The Morgan fingerprint density at radius 1 is 1.39 bits per heavy atom. The topological polar surface area (TPSA) is 64.4 Å². The first kappa shape index (κ1) is 15.7. The van der Waals surface area contributed by atoms with E-state index in [1.165, 1.54) is 12.3 Å². The second kappa shape index (κ2) is 7.37. The van der Waals surface area contributed by atoms with Crippen molar-refractivity contribution < 1.29 is 18.3 Å². The van der Waals surface area contributed by atoms with Crippen LogP contribution in [0.2, 0.25) is 0 Å². The van der Waals surface area contributed by atoms with Crippen molar-refractivity contribution >= 4 is 5.91 Å². The van der Waals surface area contributed by atoms with E-state index >= 15 is 0 Å². The van der Waals surface area contributed by atoms with Gasteiger partial charge in [-0.25, -0.2) is 9.37 Å². The summed E-state index contributed by atoms with van der Waals surface area (Å²) in [6.45, 7) is 2.13. The van der Waals surface area contributed by atoms with Crippen molar-refractivity contribution in [2.24, 2.45) is 5.92 Å². The number of ether oxygens (including phenoxy) is 1. The summed E-state index contributed by atoms with van der Waals surface area (Å²) >= 11 is 0. The van der Waals surface area contributed by atoms with Crippen molar-refractivity contribution in [3.63, 3.8) is 0 Å². The molecular formula is C17H19FN2O3. The summed E-state index contributed by atoms with van der Waals surface area (Å²) in [6, 6.07) is 6.37. The van der Waals surface area contributed by atoms with Crippen LogP contribution in [0.3, 0.4) is 0 Å². The largest absolute Gasteiger partial charge is 0.441 e. The van der Waals surface area contributed by atoms with Gasteiger partial charge < -0.3 is 14.5 Å². The Balaban J connectivity index is 1.49. The molecule has 1 aromatic heterocycles. The zero-order valence-electron chi connectivity index (χ0n) is 12.8. The Morgan fingerprint density at radius 2 is 2.26 bits per heavy atom. The van der Waals surface area contributed by atoms with Crippen LogP contribution < -0.4 is 5.32 Å². The van der Waals surface area contributed by atoms with Crippen molar-refractivity contribution in [1.82, 2.24) is 10.3 Å². The van der Waals surface area contributed by atoms with Crippen LogP contribution in [0, 0.1) is 11.7 Å². The number of halogens is 1. The molecule has 23 heavy (non-hydrogen) atoms. The number of benzene rings is 1. The van der Waals surface area contributed by atoms with E-state index in [9.17, 15) is 9.18 Å². The van der Waals surface area contributed by atoms with Crippen LogP contribution in [0.25, 0.3) is 11.3 Å². The molecule has 2 heterocycles. The number of hydrogen-bond acceptors (Lipinski definition) is 4. The van der Waals surface area contributed by atoms with Crippen molar-refractivity contribution in [3.05, 3.63) is 42.2 Å². The van der Waals surface area contributed by atoms with Gasteiger partial charge in [0.05, 0.1) is 18.4 Å². The maximum atomic E-state index is 13.7. The maximum absolute atomic E-state index is 13.7. The number of hydrogen-bond donors (Lipinski definition) is 1. The Bertz CT molecular complexity index is 665. The van der Waals surface area contributed by atoms with Gasteiger partial charge in [-0.1, -0.05) is 12.1 Å². The highest BCUT2D eigenvalue weighted by Crippen LogP contribution is 2.23. The highest BCUT2D eigenvalue weighted by Gasteiger charge is 2.16. The first-order chi connectivity index (χ1) is 11.2. The molecule has 1 aliphatic heterocycles. The first-order valence-corrected chi connectivity index (χ1v) is 7.76. The smallest absolute Gasteiger partial charge is 0.220 e. The molecule has 6 heteroatoms. The van der Waals surface area contributed by atoms with E-state index in [1.54, 1.807) is 18.2 Å². The average molecular weight is 318 g/mol. The molecule has 1 amide bonds. The van der Waals surface area contributed by atoms with Gasteiger partial charge in [0.25, 0.3) is 0 Å². The number of nitrogens with zero attached hydrogens (tertiary/aromatic N) is 1. The summed E-state index contributed by atoms with van der Waals surface area (Å²) in [5.41, 5.74) is 0.372. The fourth-order valence-electron chi connectivity index (χ4n) is 2.52. The fraction of sp³-hybridized carbons (Fsp3) is 0.412. The predicted molar refractivity (Wildman–Crippen MR) is 82.2 cm³/mol. The molecule has 0 radical (unpaired) electrons. The third-order valence-electron chi connectivity index (χ3n) is 3.87. The van der Waals surface area contributed by atoms with Crippen LogP contribution in [0.5, 0.6) is 0 Å². The van der Waals surface area contributed by atoms with E-state index < -0.39 is 0 Å². The number of aryl methyl sites for hydroxylation is 1. The lowest BCUT2D eigenvalue weighted by molar-refractivity contribution is -0.121. The maximum Gasteiger partial charge on any atom is 0.220 e. The lowest BCUT2D eigenvalue weighted by atomic mass is 10.1. The highest BCUT2D eigenvalue weighted by molar-refractivity contribution is 5.76. The van der Waals surface area contributed by atoms with Gasteiger partial charge in [0.15, 0.2) is 11.7 Å². The second-order valence-electron chi connectivity index (χ2n) is 5.63. The molecule has 0 bridgehead atoms. The molecule has 1 N–H and O–H groups in total. The summed E-state index contributed by atoms with van der Waals surface area (Å²) in [4.78, 5) is 15.9. The molecule has 1 fully saturated rings. The number of carbonyl (C=O) groups is 1. The van der Waals surface area contributed by atoms with E-state index in [4.69, 9.17) is 9.15 Å². The van der Waals surface area contributed by atoms with E-state index in [0.717, 1.165) is 13.0 Å². The molecule has 1 atom stereocenters. The molecule has 3 rings (SSSR count). The minimum absolute atomic E-state index is 0.0393. The second-order valence-corrected chi connectivity index (χ2v) is 5.63. The standard InChI is InChI=1S/C17H19FN2O3/c18-14-4-2-1-3-13(14)15-10-20-17(23-15)6-5-16(21)19-9-12-7-8-22-11-12/h1-4,10,12H,5-9,11H2,(H,19,21). The van der Waals surface area contributed by atoms with Gasteiger partial charge in [-0.2, -0.15) is 0 Å². The fourth-order valence-corrected chi connectivity index (χ4v) is 2.52. The van der Waals surface area contributed by atoms with Crippen molar-refractivity contribution in [1.29, 1.82) is 0 Å². The minimum atomic E-state index is -0.355. The third kappa shape index (κ3) is 4.16. The molecule has 1 aliphatic rings. The summed E-state index contributed by atoms with van der Waals surface area (Å²) < 4.78 is 24.5. The van der Waals surface area contributed by atoms with E-state index in [-0.39, 0.29) is 11.7 Å². The molecule has 2 aromatic rings. The lowest BCUT2D eigenvalue weighted by Crippen LogP contribution is -2.29. The first-order valence-electron chi connectivity index (χ1n) is 7.76. The average Bonchev–Trinajstić information content (AvgIpc) is 3.23. The van der Waals surface area contributed by atoms with Crippen LogP contribution in [0.1, 0.15) is 18.7 Å². The van der Waals surface area contributed by atoms with E-state index in [2.05, 4.69) is 10.3 Å². The van der Waals surface area contributed by atoms with Gasteiger partial charge in [-0.3, -0.25) is 4.79 Å². The zero-order chi connectivity index (χ0) is 16.1. The van der Waals surface area contributed by atoms with Gasteiger partial charge >= 0.3 is 0 Å². The number of rotatable bonds is 6. The Labute approximate surface area is 133 Å². The number of nitrogens with one attached hydrogen (secondary N) is 1. The van der Waals surface area contributed by atoms with E-state index in [0.29, 0.717) is 49.1 Å². The van der Waals surface area contributed by atoms with E-state index in [1.807, 2.05) is 0 Å². The van der Waals surface area contributed by atoms with Crippen molar-refractivity contribution in [2.75, 3.05) is 19.8 Å². The van der Waals surface area contributed by atoms with Gasteiger partial charge in [-0.15, -0.1) is 0 Å². The number of carbonyl (C=O) groups excluding carboxylic acids is 1. The Hall–Kier alpha value is -2.21. The quantitative estimate of drug-likeness (QED) is 0.889. The third-order valence-corrected chi connectivity index (χ3v) is 3.87. The van der Waals surface area contributed by atoms with Crippen molar-refractivity contribution in [2.45, 2.75) is 19.3 Å². The number of amides is 1. The molecule has 0 aliphatic carbocycles. The molecule has 0 spiro atoms. The SMILES string of the molecule is O=C(CCc1ncc(-c2ccccc2F)o1)NCC1CCOC1. The molecule has 1 unspecified atom stereocenters. The van der Waals surface area contributed by atoms with Crippen LogP contribution in [-0.4, -0.2) is 30.6 Å². The lowest BCUT2D eigenvalue weighted by Gasteiger charge is -2.08. The Morgan fingerprint density at radius 3 is 3.04 bits per heavy atom. The van der Waals surface area contributed by atoms with Crippen LogP contribution in [0.4, 0.5) is 4.39 Å². The molecule has 0 saturated carbocycles. The summed E-state index contributed by atoms with van der Waals surface area (Å²) in [5.74, 6) is 0.826. The molecule has 1 saturated heterocycles. The predicted octanol–water partition coefficient (Wildman–Crippen LogP) is 2.57.